The first-order valence-corrected chi connectivity index (χ1v) is 9.01. The summed E-state index contributed by atoms with van der Waals surface area (Å²) in [5.74, 6) is 0.197. The third-order valence-electron chi connectivity index (χ3n) is 5.16. The van der Waals surface area contributed by atoms with Crippen molar-refractivity contribution in [2.75, 3.05) is 0 Å². The van der Waals surface area contributed by atoms with E-state index in [9.17, 15) is 9.90 Å². The highest BCUT2D eigenvalue weighted by Gasteiger charge is 2.17. The highest BCUT2D eigenvalue weighted by Crippen LogP contribution is 2.40. The van der Waals surface area contributed by atoms with Crippen molar-refractivity contribution < 1.29 is 5.11 Å². The van der Waals surface area contributed by atoms with Crippen molar-refractivity contribution in [1.82, 2.24) is 4.98 Å². The molecule has 0 amide bonds. The number of halogens is 1. The van der Waals surface area contributed by atoms with Crippen molar-refractivity contribution in [3.63, 3.8) is 0 Å². The predicted octanol–water partition coefficient (Wildman–Crippen LogP) is 5.11. The average molecular weight is 395 g/mol. The fourth-order valence-corrected chi connectivity index (χ4v) is 3.72. The number of rotatable bonds is 2. The molecule has 1 aromatic heterocycles. The molecule has 5 heteroatoms. The van der Waals surface area contributed by atoms with E-state index in [1.807, 2.05) is 63.2 Å². The van der Waals surface area contributed by atoms with Gasteiger partial charge in [0.25, 0.3) is 5.56 Å². The molecule has 0 spiro atoms. The first-order chi connectivity index (χ1) is 12.9. The third-order valence-corrected chi connectivity index (χ3v) is 5.16. The van der Waals surface area contributed by atoms with Crippen molar-refractivity contribution in [3.8, 4) is 16.9 Å². The van der Waals surface area contributed by atoms with Gasteiger partial charge in [-0.2, -0.15) is 0 Å². The molecule has 0 unspecified atom stereocenters. The number of H-pyrrole nitrogens is 1. The Balaban J connectivity index is 0.00000225. The summed E-state index contributed by atoms with van der Waals surface area (Å²) >= 11 is 0. The van der Waals surface area contributed by atoms with Gasteiger partial charge in [-0.15, -0.1) is 12.4 Å². The minimum atomic E-state index is -0.117. The summed E-state index contributed by atoms with van der Waals surface area (Å²) in [4.78, 5) is 15.6. The first kappa shape index (κ1) is 19.9. The molecule has 1 heterocycles. The van der Waals surface area contributed by atoms with Crippen LogP contribution < -0.4 is 11.3 Å². The number of benzene rings is 3. The Morgan fingerprint density at radius 2 is 1.68 bits per heavy atom. The van der Waals surface area contributed by atoms with Crippen LogP contribution in [0.1, 0.15) is 29.7 Å². The number of hydrogen-bond donors (Lipinski definition) is 3. The molecule has 4 aromatic rings. The van der Waals surface area contributed by atoms with E-state index in [4.69, 9.17) is 5.73 Å². The monoisotopic (exact) mass is 394 g/mol. The Labute approximate surface area is 169 Å². The molecule has 4 N–H and O–H groups in total. The number of aromatic hydroxyl groups is 1. The molecule has 0 fully saturated rings. The Morgan fingerprint density at radius 3 is 2.32 bits per heavy atom. The lowest BCUT2D eigenvalue weighted by Gasteiger charge is -2.15. The van der Waals surface area contributed by atoms with Gasteiger partial charge in [0.2, 0.25) is 0 Å². The number of pyridine rings is 1. The minimum absolute atomic E-state index is 0. The molecule has 1 atom stereocenters. The van der Waals surface area contributed by atoms with Gasteiger partial charge in [-0.3, -0.25) is 4.79 Å². The molecule has 3 aromatic carbocycles. The standard InChI is InChI=1S/C23H22N2O2.ClH/c1-12-4-9-17-18(10-12)23(27)25-22-13(2)11-19(26)20(21(17)22)16-7-5-15(6-8-16)14(3)24;/h4-11,14,26H,24H2,1-3H3,(H,25,27);1H/t14-;/m1./s1. The summed E-state index contributed by atoms with van der Waals surface area (Å²) in [6.45, 7) is 5.79. The lowest BCUT2D eigenvalue weighted by Crippen LogP contribution is -2.08. The van der Waals surface area contributed by atoms with Gasteiger partial charge in [0.05, 0.1) is 5.52 Å². The second-order valence-corrected chi connectivity index (χ2v) is 7.25. The zero-order chi connectivity index (χ0) is 19.3. The number of phenols is 1. The van der Waals surface area contributed by atoms with Crippen LogP contribution in [0.25, 0.3) is 32.8 Å². The van der Waals surface area contributed by atoms with E-state index < -0.39 is 0 Å². The van der Waals surface area contributed by atoms with E-state index in [-0.39, 0.29) is 29.8 Å². The van der Waals surface area contributed by atoms with Crippen LogP contribution in [0.4, 0.5) is 0 Å². The molecule has 28 heavy (non-hydrogen) atoms. The number of hydrogen-bond acceptors (Lipinski definition) is 3. The number of fused-ring (bicyclic) bond motifs is 3. The van der Waals surface area contributed by atoms with Crippen LogP contribution in [0, 0.1) is 13.8 Å². The van der Waals surface area contributed by atoms with Gasteiger partial charge in [0.15, 0.2) is 0 Å². The van der Waals surface area contributed by atoms with Crippen LogP contribution >= 0.6 is 12.4 Å². The third kappa shape index (κ3) is 3.15. The van der Waals surface area contributed by atoms with Gasteiger partial charge >= 0.3 is 0 Å². The highest BCUT2D eigenvalue weighted by molar-refractivity contribution is 6.14. The maximum absolute atomic E-state index is 12.6. The van der Waals surface area contributed by atoms with Crippen LogP contribution in [-0.4, -0.2) is 10.1 Å². The maximum Gasteiger partial charge on any atom is 0.256 e. The highest BCUT2D eigenvalue weighted by atomic mass is 35.5. The molecule has 4 nitrogen and oxygen atoms in total. The normalized spacial score (nSPS) is 12.1. The summed E-state index contributed by atoms with van der Waals surface area (Å²) in [6.07, 6.45) is 0. The maximum atomic E-state index is 12.6. The van der Waals surface area contributed by atoms with Crippen molar-refractivity contribution in [2.45, 2.75) is 26.8 Å². The molecule has 144 valence electrons. The number of phenolic OH excluding ortho intramolecular Hbond substituents is 1. The molecule has 0 saturated carbocycles. The Morgan fingerprint density at radius 1 is 1.00 bits per heavy atom. The summed E-state index contributed by atoms with van der Waals surface area (Å²) < 4.78 is 0. The molecular formula is C23H23ClN2O2. The number of nitrogens with two attached hydrogens (primary N) is 1. The number of aromatic amines is 1. The number of nitrogens with one attached hydrogen (secondary N) is 1. The second kappa shape index (κ2) is 7.30. The predicted molar refractivity (Wildman–Crippen MR) is 118 cm³/mol. The zero-order valence-corrected chi connectivity index (χ0v) is 16.9. The van der Waals surface area contributed by atoms with E-state index in [2.05, 4.69) is 4.98 Å². The molecule has 0 aliphatic heterocycles. The molecule has 0 bridgehead atoms. The second-order valence-electron chi connectivity index (χ2n) is 7.25. The van der Waals surface area contributed by atoms with Crippen LogP contribution in [0.5, 0.6) is 5.75 Å². The summed E-state index contributed by atoms with van der Waals surface area (Å²) in [7, 11) is 0. The van der Waals surface area contributed by atoms with Crippen molar-refractivity contribution in [3.05, 3.63) is 75.6 Å². The lowest BCUT2D eigenvalue weighted by molar-refractivity contribution is 0.477. The van der Waals surface area contributed by atoms with Gasteiger partial charge in [-0.1, -0.05) is 42.0 Å². The molecule has 0 aliphatic rings. The average Bonchev–Trinajstić information content (AvgIpc) is 2.63. The van der Waals surface area contributed by atoms with E-state index in [1.165, 1.54) is 0 Å². The minimum Gasteiger partial charge on any atom is -0.507 e. The first-order valence-electron chi connectivity index (χ1n) is 9.01. The fourth-order valence-electron chi connectivity index (χ4n) is 3.72. The van der Waals surface area contributed by atoms with Gasteiger partial charge < -0.3 is 15.8 Å². The molecule has 0 radical (unpaired) electrons. The van der Waals surface area contributed by atoms with Gasteiger partial charge in [-0.25, -0.2) is 0 Å². The number of aromatic nitrogens is 1. The van der Waals surface area contributed by atoms with E-state index in [1.54, 1.807) is 6.07 Å². The summed E-state index contributed by atoms with van der Waals surface area (Å²) in [5.41, 5.74) is 11.1. The SMILES string of the molecule is Cc1ccc2c(c1)c(=O)[nH]c1c(C)cc(O)c(-c3ccc([C@@H](C)N)cc3)c12.Cl. The van der Waals surface area contributed by atoms with Crippen molar-refractivity contribution >= 4 is 34.1 Å². The smallest absolute Gasteiger partial charge is 0.256 e. The topological polar surface area (TPSA) is 79.1 Å². The van der Waals surface area contributed by atoms with Crippen LogP contribution in [-0.2, 0) is 0 Å². The van der Waals surface area contributed by atoms with E-state index in [0.29, 0.717) is 5.39 Å². The molecular weight excluding hydrogens is 372 g/mol. The van der Waals surface area contributed by atoms with Crippen LogP contribution in [0.15, 0.2) is 53.3 Å². The quantitative estimate of drug-likeness (QED) is 0.413. The Kier molecular flexibility index (Phi) is 5.20. The molecule has 0 saturated heterocycles. The molecule has 0 aliphatic carbocycles. The van der Waals surface area contributed by atoms with Gasteiger partial charge in [0.1, 0.15) is 5.75 Å². The lowest BCUT2D eigenvalue weighted by atomic mass is 9.92. The van der Waals surface area contributed by atoms with Crippen molar-refractivity contribution in [1.29, 1.82) is 0 Å². The van der Waals surface area contributed by atoms with E-state index >= 15 is 0 Å². The Hall–Kier alpha value is -2.82. The van der Waals surface area contributed by atoms with Crippen molar-refractivity contribution in [2.24, 2.45) is 5.73 Å². The summed E-state index contributed by atoms with van der Waals surface area (Å²) in [5, 5.41) is 13.1. The van der Waals surface area contributed by atoms with Gasteiger partial charge in [0, 0.05) is 22.4 Å². The number of aryl methyl sites for hydroxylation is 2. The zero-order valence-electron chi connectivity index (χ0n) is 16.0. The summed E-state index contributed by atoms with van der Waals surface area (Å²) in [6, 6.07) is 15.4. The fraction of sp³-hybridized carbons (Fsp3) is 0.174. The molecule has 4 rings (SSSR count). The van der Waals surface area contributed by atoms with Gasteiger partial charge in [-0.05, 0) is 55.0 Å². The van der Waals surface area contributed by atoms with E-state index in [0.717, 1.165) is 44.1 Å². The van der Waals surface area contributed by atoms with Crippen LogP contribution in [0.2, 0.25) is 0 Å². The Bertz CT molecular complexity index is 1240. The largest absolute Gasteiger partial charge is 0.507 e. The van der Waals surface area contributed by atoms with Crippen LogP contribution in [0.3, 0.4) is 0 Å².